The van der Waals surface area contributed by atoms with E-state index >= 15 is 0 Å². The molecule has 0 N–H and O–H groups in total. The molecule has 0 saturated carbocycles. The molecule has 4 atom stereocenters. The SMILES string of the molecule is Cc1ccc(S(=O)(=O)N(C)[C@@H]2[C@H]3[C@@H]4CCN3C[C@@H]2O4)cc1. The van der Waals surface area contributed by atoms with Crippen LogP contribution in [0.3, 0.4) is 0 Å². The number of aryl methyl sites for hydroxylation is 1. The summed E-state index contributed by atoms with van der Waals surface area (Å²) in [5.41, 5.74) is 1.06. The minimum absolute atomic E-state index is 0.0210. The Balaban J connectivity index is 1.66. The van der Waals surface area contributed by atoms with Gasteiger partial charge in [0.2, 0.25) is 10.0 Å². The molecule has 3 saturated heterocycles. The normalized spacial score (nSPS) is 35.0. The minimum Gasteiger partial charge on any atom is -0.370 e. The number of rotatable bonds is 3. The fraction of sp³-hybridized carbons (Fsp3) is 0.600. The second kappa shape index (κ2) is 4.52. The molecule has 2 bridgehead atoms. The Labute approximate surface area is 125 Å². The maximum atomic E-state index is 12.8. The van der Waals surface area contributed by atoms with Crippen molar-refractivity contribution in [3.05, 3.63) is 29.8 Å². The largest absolute Gasteiger partial charge is 0.370 e. The summed E-state index contributed by atoms with van der Waals surface area (Å²) < 4.78 is 33.2. The van der Waals surface area contributed by atoms with Crippen molar-refractivity contribution in [3.63, 3.8) is 0 Å². The Hall–Kier alpha value is -0.950. The van der Waals surface area contributed by atoms with Crippen LogP contribution in [-0.4, -0.2) is 62.1 Å². The molecule has 0 spiro atoms. The molecule has 1 aromatic carbocycles. The lowest BCUT2D eigenvalue weighted by atomic mass is 10.1. The first-order valence-electron chi connectivity index (χ1n) is 7.43. The number of sulfonamides is 1. The van der Waals surface area contributed by atoms with E-state index in [1.54, 1.807) is 23.5 Å². The molecule has 0 amide bonds. The zero-order valence-electron chi connectivity index (χ0n) is 12.3. The number of morpholine rings is 1. The fourth-order valence-electron chi connectivity index (χ4n) is 4.04. The summed E-state index contributed by atoms with van der Waals surface area (Å²) in [4.78, 5) is 2.74. The van der Waals surface area contributed by atoms with Gasteiger partial charge < -0.3 is 4.74 Å². The zero-order valence-corrected chi connectivity index (χ0v) is 13.1. The molecule has 3 fully saturated rings. The molecule has 0 unspecified atom stereocenters. The van der Waals surface area contributed by atoms with Crippen LogP contribution in [0.25, 0.3) is 0 Å². The monoisotopic (exact) mass is 308 g/mol. The smallest absolute Gasteiger partial charge is 0.243 e. The van der Waals surface area contributed by atoms with E-state index < -0.39 is 10.0 Å². The third-order valence-electron chi connectivity index (χ3n) is 5.12. The first-order chi connectivity index (χ1) is 9.98. The second-order valence-corrected chi connectivity index (χ2v) is 8.31. The van der Waals surface area contributed by atoms with E-state index in [0.29, 0.717) is 4.90 Å². The van der Waals surface area contributed by atoms with Gasteiger partial charge in [0, 0.05) is 20.1 Å². The Morgan fingerprint density at radius 3 is 2.62 bits per heavy atom. The fourth-order valence-corrected chi connectivity index (χ4v) is 5.43. The molecule has 5 nitrogen and oxygen atoms in total. The van der Waals surface area contributed by atoms with Gasteiger partial charge in [-0.15, -0.1) is 0 Å². The molecule has 0 aromatic heterocycles. The van der Waals surface area contributed by atoms with Crippen LogP contribution in [0.2, 0.25) is 0 Å². The Bertz CT molecular complexity index is 644. The van der Waals surface area contributed by atoms with E-state index in [2.05, 4.69) is 4.90 Å². The van der Waals surface area contributed by atoms with Crippen molar-refractivity contribution in [3.8, 4) is 0 Å². The molecule has 0 radical (unpaired) electrons. The van der Waals surface area contributed by atoms with E-state index in [9.17, 15) is 8.42 Å². The average molecular weight is 308 g/mol. The van der Waals surface area contributed by atoms with Gasteiger partial charge in [-0.05, 0) is 25.5 Å². The van der Waals surface area contributed by atoms with Crippen molar-refractivity contribution in [1.29, 1.82) is 0 Å². The van der Waals surface area contributed by atoms with Gasteiger partial charge >= 0.3 is 0 Å². The number of ether oxygens (including phenoxy) is 1. The number of likely N-dealkylation sites (N-methyl/N-ethyl adjacent to an activating group) is 1. The predicted molar refractivity (Wildman–Crippen MR) is 78.6 cm³/mol. The van der Waals surface area contributed by atoms with Gasteiger partial charge in [-0.25, -0.2) is 8.42 Å². The van der Waals surface area contributed by atoms with Crippen molar-refractivity contribution < 1.29 is 13.2 Å². The van der Waals surface area contributed by atoms with Crippen LogP contribution in [0.1, 0.15) is 12.0 Å². The maximum absolute atomic E-state index is 12.8. The summed E-state index contributed by atoms with van der Waals surface area (Å²) in [6.45, 7) is 3.84. The second-order valence-electron chi connectivity index (χ2n) is 6.31. The number of nitrogens with zero attached hydrogens (tertiary/aromatic N) is 2. The summed E-state index contributed by atoms with van der Waals surface area (Å²) in [5.74, 6) is 0. The topological polar surface area (TPSA) is 49.9 Å². The van der Waals surface area contributed by atoms with Crippen molar-refractivity contribution in [2.24, 2.45) is 0 Å². The van der Waals surface area contributed by atoms with Crippen molar-refractivity contribution in [1.82, 2.24) is 9.21 Å². The van der Waals surface area contributed by atoms with E-state index in [4.69, 9.17) is 4.74 Å². The first-order valence-corrected chi connectivity index (χ1v) is 8.87. The summed E-state index contributed by atoms with van der Waals surface area (Å²) in [7, 11) is -1.76. The molecule has 3 aliphatic heterocycles. The van der Waals surface area contributed by atoms with Crippen LogP contribution < -0.4 is 0 Å². The van der Waals surface area contributed by atoms with Crippen molar-refractivity contribution >= 4 is 10.0 Å². The lowest BCUT2D eigenvalue weighted by Crippen LogP contribution is -2.46. The quantitative estimate of drug-likeness (QED) is 0.830. The van der Waals surface area contributed by atoms with Crippen molar-refractivity contribution in [2.75, 3.05) is 20.1 Å². The molecule has 114 valence electrons. The van der Waals surface area contributed by atoms with Gasteiger partial charge in [-0.2, -0.15) is 4.31 Å². The molecule has 6 heteroatoms. The highest BCUT2D eigenvalue weighted by Gasteiger charge is 2.59. The van der Waals surface area contributed by atoms with Crippen LogP contribution in [0.15, 0.2) is 29.2 Å². The molecular weight excluding hydrogens is 288 g/mol. The highest BCUT2D eigenvalue weighted by atomic mass is 32.2. The van der Waals surface area contributed by atoms with Gasteiger partial charge in [-0.3, -0.25) is 4.90 Å². The third-order valence-corrected chi connectivity index (χ3v) is 6.99. The van der Waals surface area contributed by atoms with Gasteiger partial charge in [0.05, 0.1) is 29.2 Å². The lowest BCUT2D eigenvalue weighted by molar-refractivity contribution is 0.00695. The lowest BCUT2D eigenvalue weighted by Gasteiger charge is -2.27. The highest BCUT2D eigenvalue weighted by Crippen LogP contribution is 2.43. The predicted octanol–water partition coefficient (Wildman–Crippen LogP) is 0.839. The number of hydrogen-bond acceptors (Lipinski definition) is 4. The van der Waals surface area contributed by atoms with Gasteiger partial charge in [-0.1, -0.05) is 17.7 Å². The first kappa shape index (κ1) is 13.7. The molecular formula is C15H20N2O3S. The molecule has 3 aliphatic rings. The molecule has 0 aliphatic carbocycles. The van der Waals surface area contributed by atoms with E-state index in [-0.39, 0.29) is 24.3 Å². The maximum Gasteiger partial charge on any atom is 0.243 e. The van der Waals surface area contributed by atoms with Crippen molar-refractivity contribution in [2.45, 2.75) is 42.5 Å². The van der Waals surface area contributed by atoms with Crippen LogP contribution >= 0.6 is 0 Å². The highest BCUT2D eigenvalue weighted by molar-refractivity contribution is 7.89. The Kier molecular flexibility index (Phi) is 2.95. The van der Waals surface area contributed by atoms with Gasteiger partial charge in [0.15, 0.2) is 0 Å². The number of benzene rings is 1. The Morgan fingerprint density at radius 1 is 1.24 bits per heavy atom. The zero-order chi connectivity index (χ0) is 14.8. The van der Waals surface area contributed by atoms with Gasteiger partial charge in [0.25, 0.3) is 0 Å². The number of hydrogen-bond donors (Lipinski definition) is 0. The summed E-state index contributed by atoms with van der Waals surface area (Å²) in [6, 6.07) is 7.24. The van der Waals surface area contributed by atoms with Crippen LogP contribution in [0.4, 0.5) is 0 Å². The van der Waals surface area contributed by atoms with Crippen LogP contribution in [0.5, 0.6) is 0 Å². The average Bonchev–Trinajstić information content (AvgIpc) is 3.04. The molecule has 3 heterocycles. The standard InChI is InChI=1S/C15H20N2O3S/c1-10-3-5-11(6-4-10)21(18,19)16(2)14-13-9-17-8-7-12(20-13)15(14)17/h3-6,12-15H,7-9H2,1-2H3/t12-,13-,14-,15+/m0/s1. The van der Waals surface area contributed by atoms with E-state index in [0.717, 1.165) is 25.1 Å². The number of fused-ring (bicyclic) bond motifs is 1. The van der Waals surface area contributed by atoms with E-state index in [1.807, 2.05) is 19.1 Å². The summed E-state index contributed by atoms with van der Waals surface area (Å²) >= 11 is 0. The Morgan fingerprint density at radius 2 is 1.95 bits per heavy atom. The summed E-state index contributed by atoms with van der Waals surface area (Å²) in [5, 5.41) is 0. The van der Waals surface area contributed by atoms with E-state index in [1.165, 1.54) is 0 Å². The molecule has 21 heavy (non-hydrogen) atoms. The van der Waals surface area contributed by atoms with Crippen LogP contribution in [-0.2, 0) is 14.8 Å². The third kappa shape index (κ3) is 1.90. The molecule has 4 rings (SSSR count). The van der Waals surface area contributed by atoms with Crippen LogP contribution in [0, 0.1) is 6.92 Å². The summed E-state index contributed by atoms with van der Waals surface area (Å²) in [6.07, 6.45) is 1.26. The molecule has 1 aromatic rings. The minimum atomic E-state index is -3.46. The van der Waals surface area contributed by atoms with Gasteiger partial charge in [0.1, 0.15) is 0 Å².